The lowest BCUT2D eigenvalue weighted by Gasteiger charge is -2.10. The van der Waals surface area contributed by atoms with Gasteiger partial charge in [-0.05, 0) is 69.4 Å². The molecule has 12 heteroatoms. The standard InChI is InChI=1S/C26H29ClN4O2.C2HF3O2/c1-14-12-18(13-15(2)23(14)27)33-11-7-10-20-19-8-6-9-21(24(19)29-25(20)26(28)32)22-16(3)30-31(5)17(22)4;3-2(4,5)1(6)7/h6,8-9,12-13,29H,7,10-11H2,1-5H3,(H2,28,32);(H,6,7). The van der Waals surface area contributed by atoms with Crippen LogP contribution in [0.4, 0.5) is 13.2 Å². The number of aromatic amines is 1. The number of nitrogens with zero attached hydrogens (tertiary/aromatic N) is 2. The number of H-pyrrole nitrogens is 1. The summed E-state index contributed by atoms with van der Waals surface area (Å²) >= 11 is 6.25. The van der Waals surface area contributed by atoms with E-state index in [9.17, 15) is 18.0 Å². The highest BCUT2D eigenvalue weighted by Crippen LogP contribution is 2.35. The highest BCUT2D eigenvalue weighted by atomic mass is 35.5. The number of carbonyl (C=O) groups excluding carboxylic acids is 1. The van der Waals surface area contributed by atoms with Crippen LogP contribution in [0.5, 0.6) is 5.75 Å². The number of rotatable bonds is 7. The first kappa shape index (κ1) is 30.6. The fraction of sp³-hybridized carbons (Fsp3) is 0.321. The van der Waals surface area contributed by atoms with Crippen molar-refractivity contribution in [2.75, 3.05) is 6.61 Å². The van der Waals surface area contributed by atoms with Gasteiger partial charge in [0.25, 0.3) is 5.91 Å². The van der Waals surface area contributed by atoms with E-state index in [1.165, 1.54) is 0 Å². The summed E-state index contributed by atoms with van der Waals surface area (Å²) in [4.78, 5) is 24.5. The molecule has 2 aromatic heterocycles. The second-order valence-electron chi connectivity index (χ2n) is 9.37. The van der Waals surface area contributed by atoms with Gasteiger partial charge in [0.15, 0.2) is 0 Å². The van der Waals surface area contributed by atoms with Crippen molar-refractivity contribution in [1.29, 1.82) is 0 Å². The van der Waals surface area contributed by atoms with E-state index in [4.69, 9.17) is 32.0 Å². The van der Waals surface area contributed by atoms with E-state index >= 15 is 0 Å². The maximum Gasteiger partial charge on any atom is 0.490 e. The number of alkyl halides is 3. The molecule has 0 aliphatic rings. The molecule has 0 radical (unpaired) electrons. The molecule has 214 valence electrons. The van der Waals surface area contributed by atoms with Gasteiger partial charge in [0, 0.05) is 34.3 Å². The fourth-order valence-electron chi connectivity index (χ4n) is 4.54. The summed E-state index contributed by atoms with van der Waals surface area (Å²) in [6.07, 6.45) is -3.68. The molecule has 8 nitrogen and oxygen atoms in total. The number of hydrogen-bond donors (Lipinski definition) is 3. The number of carboxylic acid groups (broad SMARTS) is 1. The molecule has 4 rings (SSSR count). The van der Waals surface area contributed by atoms with Crippen molar-refractivity contribution in [2.45, 2.75) is 46.7 Å². The number of ether oxygens (including phenoxy) is 1. The van der Waals surface area contributed by atoms with E-state index in [1.54, 1.807) is 0 Å². The summed E-state index contributed by atoms with van der Waals surface area (Å²) in [5, 5.41) is 13.4. The largest absolute Gasteiger partial charge is 0.494 e. The molecule has 2 heterocycles. The highest BCUT2D eigenvalue weighted by Gasteiger charge is 2.38. The Morgan fingerprint density at radius 1 is 1.15 bits per heavy atom. The minimum atomic E-state index is -5.08. The third-order valence-corrected chi connectivity index (χ3v) is 7.05. The van der Waals surface area contributed by atoms with E-state index in [2.05, 4.69) is 16.1 Å². The predicted molar refractivity (Wildman–Crippen MR) is 147 cm³/mol. The van der Waals surface area contributed by atoms with Crippen LogP contribution in [0, 0.1) is 27.7 Å². The second kappa shape index (κ2) is 12.0. The average Bonchev–Trinajstić information content (AvgIpc) is 3.36. The number of para-hydroxylation sites is 1. The first-order valence-corrected chi connectivity index (χ1v) is 12.6. The van der Waals surface area contributed by atoms with Crippen LogP contribution < -0.4 is 10.5 Å². The van der Waals surface area contributed by atoms with E-state index < -0.39 is 18.1 Å². The Labute approximate surface area is 233 Å². The van der Waals surface area contributed by atoms with Gasteiger partial charge in [0.05, 0.1) is 17.8 Å². The van der Waals surface area contributed by atoms with Crippen molar-refractivity contribution in [3.05, 3.63) is 69.1 Å². The second-order valence-corrected chi connectivity index (χ2v) is 9.74. The molecule has 0 bridgehead atoms. The third kappa shape index (κ3) is 6.59. The molecule has 1 amide bonds. The summed E-state index contributed by atoms with van der Waals surface area (Å²) in [6, 6.07) is 9.99. The first-order chi connectivity index (χ1) is 18.6. The Bertz CT molecular complexity index is 1550. The van der Waals surface area contributed by atoms with Crippen molar-refractivity contribution in [3.63, 3.8) is 0 Å². The molecule has 0 aliphatic heterocycles. The van der Waals surface area contributed by atoms with Gasteiger partial charge in [-0.3, -0.25) is 9.48 Å². The summed E-state index contributed by atoms with van der Waals surface area (Å²) < 4.78 is 39.6. The minimum Gasteiger partial charge on any atom is -0.494 e. The van der Waals surface area contributed by atoms with Crippen LogP contribution in [0.3, 0.4) is 0 Å². The summed E-state index contributed by atoms with van der Waals surface area (Å²) in [5.41, 5.74) is 14.1. The van der Waals surface area contributed by atoms with Crippen molar-refractivity contribution in [1.82, 2.24) is 14.8 Å². The van der Waals surface area contributed by atoms with E-state index in [1.807, 2.05) is 63.7 Å². The van der Waals surface area contributed by atoms with Gasteiger partial charge in [-0.25, -0.2) is 4.79 Å². The maximum absolute atomic E-state index is 12.3. The molecule has 4 aromatic rings. The number of carbonyl (C=O) groups is 2. The van der Waals surface area contributed by atoms with Crippen LogP contribution >= 0.6 is 11.6 Å². The predicted octanol–water partition coefficient (Wildman–Crippen LogP) is 6.20. The van der Waals surface area contributed by atoms with Crippen LogP contribution in [-0.4, -0.2) is 44.5 Å². The number of halogens is 4. The molecule has 0 atom stereocenters. The number of hydrogen-bond acceptors (Lipinski definition) is 4. The Morgan fingerprint density at radius 2 is 1.75 bits per heavy atom. The van der Waals surface area contributed by atoms with Crippen LogP contribution in [0.25, 0.3) is 22.0 Å². The lowest BCUT2D eigenvalue weighted by atomic mass is 9.98. The SMILES string of the molecule is Cc1cc(OCCCc2c(C(N)=O)[nH]c3c(-c4c(C)nn(C)c4C)cccc23)cc(C)c1Cl.O=C(O)C(F)(F)F. The smallest absolute Gasteiger partial charge is 0.490 e. The average molecular weight is 579 g/mol. The number of carboxylic acids is 1. The van der Waals surface area contributed by atoms with Gasteiger partial charge in [0.1, 0.15) is 11.4 Å². The Kier molecular flexibility index (Phi) is 9.19. The quantitative estimate of drug-likeness (QED) is 0.225. The number of amides is 1. The Balaban J connectivity index is 0.000000559. The molecule has 40 heavy (non-hydrogen) atoms. The molecule has 0 saturated carbocycles. The lowest BCUT2D eigenvalue weighted by Crippen LogP contribution is -2.21. The lowest BCUT2D eigenvalue weighted by molar-refractivity contribution is -0.192. The minimum absolute atomic E-state index is 0.454. The van der Waals surface area contributed by atoms with Crippen LogP contribution in [0.15, 0.2) is 30.3 Å². The van der Waals surface area contributed by atoms with Crippen molar-refractivity contribution in [2.24, 2.45) is 12.8 Å². The topological polar surface area (TPSA) is 123 Å². The number of primary amides is 1. The fourth-order valence-corrected chi connectivity index (χ4v) is 4.65. The zero-order valence-electron chi connectivity index (χ0n) is 22.7. The first-order valence-electron chi connectivity index (χ1n) is 12.3. The molecular formula is C28H30ClF3N4O4. The highest BCUT2D eigenvalue weighted by molar-refractivity contribution is 6.32. The van der Waals surface area contributed by atoms with E-state index in [0.29, 0.717) is 18.7 Å². The number of benzene rings is 2. The van der Waals surface area contributed by atoms with Gasteiger partial charge >= 0.3 is 12.1 Å². The van der Waals surface area contributed by atoms with E-state index in [0.717, 1.165) is 67.3 Å². The van der Waals surface area contributed by atoms with E-state index in [-0.39, 0.29) is 0 Å². The van der Waals surface area contributed by atoms with Gasteiger partial charge in [0.2, 0.25) is 0 Å². The third-order valence-electron chi connectivity index (χ3n) is 6.46. The van der Waals surface area contributed by atoms with Gasteiger partial charge in [-0.15, -0.1) is 0 Å². The molecule has 0 spiro atoms. The Morgan fingerprint density at radius 3 is 2.25 bits per heavy atom. The summed E-state index contributed by atoms with van der Waals surface area (Å²) in [6.45, 7) is 8.50. The van der Waals surface area contributed by atoms with Crippen LogP contribution in [0.1, 0.15) is 45.0 Å². The number of fused-ring (bicyclic) bond motifs is 1. The molecular weight excluding hydrogens is 549 g/mol. The number of nitrogens with one attached hydrogen (secondary N) is 1. The molecule has 0 saturated heterocycles. The number of aliphatic carboxylic acids is 1. The molecule has 0 fully saturated rings. The maximum atomic E-state index is 12.3. The van der Waals surface area contributed by atoms with Gasteiger partial charge in [-0.2, -0.15) is 18.3 Å². The zero-order chi connectivity index (χ0) is 29.9. The summed E-state index contributed by atoms with van der Waals surface area (Å²) in [7, 11) is 1.94. The zero-order valence-corrected chi connectivity index (χ0v) is 23.4. The normalized spacial score (nSPS) is 11.3. The number of aromatic nitrogens is 3. The molecule has 4 N–H and O–H groups in total. The van der Waals surface area contributed by atoms with Crippen LogP contribution in [0.2, 0.25) is 5.02 Å². The monoisotopic (exact) mass is 578 g/mol. The van der Waals surface area contributed by atoms with Crippen molar-refractivity contribution >= 4 is 34.4 Å². The van der Waals surface area contributed by atoms with Crippen molar-refractivity contribution < 1.29 is 32.6 Å². The van der Waals surface area contributed by atoms with Gasteiger partial charge in [-0.1, -0.05) is 29.8 Å². The van der Waals surface area contributed by atoms with Gasteiger partial charge < -0.3 is 20.6 Å². The van der Waals surface area contributed by atoms with Crippen LogP contribution in [-0.2, 0) is 18.3 Å². The Hall–Kier alpha value is -3.99. The molecule has 0 unspecified atom stereocenters. The molecule has 0 aliphatic carbocycles. The number of aryl methyl sites for hydroxylation is 5. The summed E-state index contributed by atoms with van der Waals surface area (Å²) in [5.74, 6) is -2.42. The van der Waals surface area contributed by atoms with Crippen molar-refractivity contribution in [3.8, 4) is 16.9 Å². The number of nitrogens with two attached hydrogens (primary N) is 1. The molecule has 2 aromatic carbocycles.